The van der Waals surface area contributed by atoms with Gasteiger partial charge in [0.05, 0.1) is 6.04 Å². The Morgan fingerprint density at radius 3 is 2.15 bits per heavy atom. The fourth-order valence-electron chi connectivity index (χ4n) is 3.55. The highest BCUT2D eigenvalue weighted by atomic mass is 32.2. The molecule has 27 heavy (non-hydrogen) atoms. The second-order valence-electron chi connectivity index (χ2n) is 6.86. The average molecular weight is 392 g/mol. The number of thioether (sulfide) groups is 1. The molecule has 1 saturated heterocycles. The van der Waals surface area contributed by atoms with Crippen LogP contribution in [0.3, 0.4) is 0 Å². The summed E-state index contributed by atoms with van der Waals surface area (Å²) in [4.78, 5) is 1.03. The first-order valence-electron chi connectivity index (χ1n) is 8.96. The van der Waals surface area contributed by atoms with Gasteiger partial charge in [0, 0.05) is 6.54 Å². The van der Waals surface area contributed by atoms with Crippen LogP contribution in [-0.2, 0) is 11.5 Å². The van der Waals surface area contributed by atoms with Gasteiger partial charge in [-0.25, -0.2) is 0 Å². The second kappa shape index (κ2) is 7.47. The van der Waals surface area contributed by atoms with Gasteiger partial charge < -0.3 is 10.0 Å². The molecule has 1 N–H and O–H groups in total. The summed E-state index contributed by atoms with van der Waals surface area (Å²) in [6.07, 6.45) is 0. The molecule has 0 radical (unpaired) electrons. The maximum absolute atomic E-state index is 11.8. The van der Waals surface area contributed by atoms with Crippen molar-refractivity contribution in [1.29, 1.82) is 0 Å². The van der Waals surface area contributed by atoms with E-state index < -0.39 is 4.93 Å². The average Bonchev–Trinajstić information content (AvgIpc) is 2.96. The molecular formula is C23H21NOS2. The van der Waals surface area contributed by atoms with Crippen molar-refractivity contribution in [2.45, 2.75) is 24.4 Å². The second-order valence-corrected chi connectivity index (χ2v) is 8.72. The zero-order chi connectivity index (χ0) is 18.9. The summed E-state index contributed by atoms with van der Waals surface area (Å²) in [7, 11) is 0. The molecule has 3 aromatic carbocycles. The predicted molar refractivity (Wildman–Crippen MR) is 116 cm³/mol. The van der Waals surface area contributed by atoms with Crippen molar-refractivity contribution >= 4 is 28.3 Å². The van der Waals surface area contributed by atoms with Crippen LogP contribution in [-0.4, -0.2) is 14.3 Å². The van der Waals surface area contributed by atoms with Gasteiger partial charge in [-0.15, -0.1) is 0 Å². The molecule has 4 rings (SSSR count). The number of thiocarbonyl (C=S) groups is 1. The minimum Gasteiger partial charge on any atom is -0.372 e. The summed E-state index contributed by atoms with van der Waals surface area (Å²) in [6.45, 7) is 2.75. The number of aryl methyl sites for hydroxylation is 1. The monoisotopic (exact) mass is 391 g/mol. The molecule has 4 heteroatoms. The minimum atomic E-state index is -1.12. The van der Waals surface area contributed by atoms with Gasteiger partial charge in [0.1, 0.15) is 4.32 Å². The molecule has 2 unspecified atom stereocenters. The van der Waals surface area contributed by atoms with Gasteiger partial charge in [-0.05, 0) is 23.6 Å². The minimum absolute atomic E-state index is 0.250. The van der Waals surface area contributed by atoms with E-state index in [-0.39, 0.29) is 6.04 Å². The van der Waals surface area contributed by atoms with E-state index >= 15 is 0 Å². The van der Waals surface area contributed by atoms with E-state index in [0.717, 1.165) is 15.4 Å². The van der Waals surface area contributed by atoms with Gasteiger partial charge in [-0.3, -0.25) is 0 Å². The van der Waals surface area contributed by atoms with E-state index in [1.807, 2.05) is 48.5 Å². The predicted octanol–water partition coefficient (Wildman–Crippen LogP) is 5.42. The van der Waals surface area contributed by atoms with Crippen LogP contribution in [0.1, 0.15) is 28.3 Å². The van der Waals surface area contributed by atoms with Gasteiger partial charge in [-0.1, -0.05) is 114 Å². The zero-order valence-electron chi connectivity index (χ0n) is 15.1. The van der Waals surface area contributed by atoms with Crippen molar-refractivity contribution in [2.75, 3.05) is 0 Å². The van der Waals surface area contributed by atoms with Gasteiger partial charge in [-0.2, -0.15) is 0 Å². The molecule has 0 bridgehead atoms. The molecule has 0 spiro atoms. The number of rotatable bonds is 4. The van der Waals surface area contributed by atoms with Crippen LogP contribution in [0.15, 0.2) is 84.9 Å². The Labute approximate surface area is 169 Å². The molecule has 2 nitrogen and oxygen atoms in total. The Balaban J connectivity index is 1.77. The summed E-state index contributed by atoms with van der Waals surface area (Å²) >= 11 is 7.09. The van der Waals surface area contributed by atoms with Crippen LogP contribution in [0.5, 0.6) is 0 Å². The van der Waals surface area contributed by atoms with E-state index in [0.29, 0.717) is 6.54 Å². The maximum Gasteiger partial charge on any atom is 0.167 e. The molecule has 136 valence electrons. The molecule has 0 amide bonds. The normalized spacial score (nSPS) is 22.2. The van der Waals surface area contributed by atoms with Crippen LogP contribution in [0.2, 0.25) is 0 Å². The summed E-state index contributed by atoms with van der Waals surface area (Å²) < 4.78 is 0.718. The molecule has 0 aliphatic carbocycles. The molecule has 1 aliphatic heterocycles. The summed E-state index contributed by atoms with van der Waals surface area (Å²) in [5, 5.41) is 11.8. The lowest BCUT2D eigenvalue weighted by Gasteiger charge is -2.34. The Bertz CT molecular complexity index is 928. The smallest absolute Gasteiger partial charge is 0.167 e. The highest BCUT2D eigenvalue weighted by molar-refractivity contribution is 8.23. The highest BCUT2D eigenvalue weighted by Crippen LogP contribution is 2.55. The Hall–Kier alpha value is -2.14. The van der Waals surface area contributed by atoms with Crippen molar-refractivity contribution < 1.29 is 5.11 Å². The number of nitrogens with zero attached hydrogens (tertiary/aromatic N) is 1. The molecule has 1 aliphatic rings. The van der Waals surface area contributed by atoms with E-state index in [9.17, 15) is 5.11 Å². The lowest BCUT2D eigenvalue weighted by atomic mass is 9.93. The third kappa shape index (κ3) is 3.53. The van der Waals surface area contributed by atoms with E-state index in [1.54, 1.807) is 0 Å². The van der Waals surface area contributed by atoms with Crippen LogP contribution in [0, 0.1) is 6.92 Å². The fourth-order valence-corrected chi connectivity index (χ4v) is 5.28. The number of aliphatic hydroxyl groups is 1. The first-order valence-corrected chi connectivity index (χ1v) is 10.2. The molecule has 0 aromatic heterocycles. The van der Waals surface area contributed by atoms with Crippen molar-refractivity contribution in [3.8, 4) is 0 Å². The fraction of sp³-hybridized carbons (Fsp3) is 0.174. The SMILES string of the molecule is Cc1ccc(CN2C(=S)SC(O)(c3ccccc3)C2c2ccccc2)cc1. The Morgan fingerprint density at radius 1 is 0.926 bits per heavy atom. The van der Waals surface area contributed by atoms with Crippen molar-refractivity contribution in [1.82, 2.24) is 4.90 Å². The summed E-state index contributed by atoms with van der Waals surface area (Å²) in [6, 6.07) is 28.2. The summed E-state index contributed by atoms with van der Waals surface area (Å²) in [5.41, 5.74) is 4.35. The largest absolute Gasteiger partial charge is 0.372 e. The van der Waals surface area contributed by atoms with Crippen LogP contribution in [0.4, 0.5) is 0 Å². The number of hydrogen-bond acceptors (Lipinski definition) is 3. The van der Waals surface area contributed by atoms with E-state index in [2.05, 4.69) is 48.2 Å². The quantitative estimate of drug-likeness (QED) is 0.600. The molecular weight excluding hydrogens is 370 g/mol. The van der Waals surface area contributed by atoms with Crippen molar-refractivity contribution in [3.63, 3.8) is 0 Å². The Morgan fingerprint density at radius 2 is 1.52 bits per heavy atom. The Kier molecular flexibility index (Phi) is 5.04. The summed E-state index contributed by atoms with van der Waals surface area (Å²) in [5.74, 6) is 0. The molecule has 0 saturated carbocycles. The van der Waals surface area contributed by atoms with Gasteiger partial charge in [0.15, 0.2) is 4.93 Å². The van der Waals surface area contributed by atoms with Crippen molar-refractivity contribution in [3.05, 3.63) is 107 Å². The lowest BCUT2D eigenvalue weighted by molar-refractivity contribution is 0.0591. The topological polar surface area (TPSA) is 23.5 Å². The third-order valence-electron chi connectivity index (χ3n) is 4.94. The third-order valence-corrected chi connectivity index (χ3v) is 6.60. The van der Waals surface area contributed by atoms with Gasteiger partial charge in [0.25, 0.3) is 0 Å². The van der Waals surface area contributed by atoms with Crippen LogP contribution >= 0.6 is 24.0 Å². The van der Waals surface area contributed by atoms with Crippen molar-refractivity contribution in [2.24, 2.45) is 0 Å². The maximum atomic E-state index is 11.8. The number of hydrogen-bond donors (Lipinski definition) is 1. The lowest BCUT2D eigenvalue weighted by Crippen LogP contribution is -2.35. The highest BCUT2D eigenvalue weighted by Gasteiger charge is 2.51. The number of benzene rings is 3. The van der Waals surface area contributed by atoms with Gasteiger partial charge in [0.2, 0.25) is 0 Å². The molecule has 2 atom stereocenters. The first kappa shape index (κ1) is 18.2. The van der Waals surface area contributed by atoms with Crippen LogP contribution in [0.25, 0.3) is 0 Å². The molecule has 1 fully saturated rings. The first-order chi connectivity index (χ1) is 13.1. The zero-order valence-corrected chi connectivity index (χ0v) is 16.7. The molecule has 1 heterocycles. The van der Waals surface area contributed by atoms with E-state index in [4.69, 9.17) is 12.2 Å². The standard InChI is InChI=1S/C23H21NOS2/c1-17-12-14-18(15-13-17)16-24-21(19-8-4-2-5-9-19)23(25,27-22(24)26)20-10-6-3-7-11-20/h2-15,21,25H,16H2,1H3. The van der Waals surface area contributed by atoms with E-state index in [1.165, 1.54) is 22.9 Å². The van der Waals surface area contributed by atoms with Crippen LogP contribution < -0.4 is 0 Å². The molecule has 3 aromatic rings. The van der Waals surface area contributed by atoms with Gasteiger partial charge >= 0.3 is 0 Å².